The molecule has 1 aliphatic heterocycles. The van der Waals surface area contributed by atoms with E-state index in [2.05, 4.69) is 19.9 Å². The van der Waals surface area contributed by atoms with Gasteiger partial charge in [0.1, 0.15) is 5.52 Å². The minimum atomic E-state index is 0.641. The normalized spacial score (nSPS) is 20.9. The summed E-state index contributed by atoms with van der Waals surface area (Å²) in [6.45, 7) is 3.22. The van der Waals surface area contributed by atoms with Gasteiger partial charge in [0.05, 0.1) is 11.3 Å². The SMILES string of the molecule is Clc1cnc2c(c1)ncn2CC1CCCNC1. The number of piperidine rings is 1. The third kappa shape index (κ3) is 2.28. The van der Waals surface area contributed by atoms with E-state index < -0.39 is 0 Å². The summed E-state index contributed by atoms with van der Waals surface area (Å²) < 4.78 is 2.13. The molecule has 0 radical (unpaired) electrons. The molecule has 0 aliphatic carbocycles. The molecule has 1 aliphatic rings. The van der Waals surface area contributed by atoms with Crippen LogP contribution in [-0.2, 0) is 6.54 Å². The molecule has 0 saturated carbocycles. The van der Waals surface area contributed by atoms with Gasteiger partial charge in [0.25, 0.3) is 0 Å². The zero-order chi connectivity index (χ0) is 11.7. The van der Waals surface area contributed by atoms with Gasteiger partial charge >= 0.3 is 0 Å². The fraction of sp³-hybridized carbons (Fsp3) is 0.500. The number of hydrogen-bond acceptors (Lipinski definition) is 3. The van der Waals surface area contributed by atoms with Crippen LogP contribution in [0.5, 0.6) is 0 Å². The van der Waals surface area contributed by atoms with Crippen molar-refractivity contribution in [1.82, 2.24) is 19.9 Å². The van der Waals surface area contributed by atoms with Crippen molar-refractivity contribution in [1.29, 1.82) is 0 Å². The molecule has 1 saturated heterocycles. The zero-order valence-electron chi connectivity index (χ0n) is 9.56. The fourth-order valence-corrected chi connectivity index (χ4v) is 2.57. The number of pyridine rings is 1. The van der Waals surface area contributed by atoms with Crippen LogP contribution < -0.4 is 5.32 Å². The van der Waals surface area contributed by atoms with E-state index in [-0.39, 0.29) is 0 Å². The third-order valence-corrected chi connectivity index (χ3v) is 3.48. The largest absolute Gasteiger partial charge is 0.316 e. The summed E-state index contributed by atoms with van der Waals surface area (Å²) in [5.74, 6) is 0.679. The summed E-state index contributed by atoms with van der Waals surface area (Å²) in [5.41, 5.74) is 1.81. The molecule has 0 bridgehead atoms. The van der Waals surface area contributed by atoms with Crippen molar-refractivity contribution in [2.75, 3.05) is 13.1 Å². The maximum absolute atomic E-state index is 5.90. The molecule has 90 valence electrons. The van der Waals surface area contributed by atoms with Crippen LogP contribution in [0, 0.1) is 5.92 Å². The van der Waals surface area contributed by atoms with Crippen LogP contribution >= 0.6 is 11.6 Å². The predicted octanol–water partition coefficient (Wildman–Crippen LogP) is 2.08. The van der Waals surface area contributed by atoms with E-state index in [1.54, 1.807) is 6.20 Å². The van der Waals surface area contributed by atoms with Crippen LogP contribution in [0.1, 0.15) is 12.8 Å². The highest BCUT2D eigenvalue weighted by Gasteiger charge is 2.15. The van der Waals surface area contributed by atoms with Crippen molar-refractivity contribution in [2.24, 2.45) is 5.92 Å². The van der Waals surface area contributed by atoms with Gasteiger partial charge in [-0.2, -0.15) is 0 Å². The van der Waals surface area contributed by atoms with Gasteiger partial charge in [0, 0.05) is 12.7 Å². The van der Waals surface area contributed by atoms with E-state index in [1.165, 1.54) is 12.8 Å². The number of nitrogens with one attached hydrogen (secondary N) is 1. The van der Waals surface area contributed by atoms with Crippen LogP contribution in [0.3, 0.4) is 0 Å². The Hall–Kier alpha value is -1.13. The minimum absolute atomic E-state index is 0.641. The Morgan fingerprint density at radius 2 is 2.41 bits per heavy atom. The second-order valence-electron chi connectivity index (χ2n) is 4.61. The first kappa shape index (κ1) is 11.0. The highest BCUT2D eigenvalue weighted by Crippen LogP contribution is 2.18. The molecular formula is C12H15ClN4. The van der Waals surface area contributed by atoms with Gasteiger partial charge < -0.3 is 9.88 Å². The summed E-state index contributed by atoms with van der Waals surface area (Å²) in [6.07, 6.45) is 6.08. The highest BCUT2D eigenvalue weighted by atomic mass is 35.5. The molecule has 3 rings (SSSR count). The molecule has 1 fully saturated rings. The van der Waals surface area contributed by atoms with Crippen molar-refractivity contribution in [2.45, 2.75) is 19.4 Å². The van der Waals surface area contributed by atoms with E-state index in [1.807, 2.05) is 12.4 Å². The Morgan fingerprint density at radius 1 is 1.47 bits per heavy atom. The quantitative estimate of drug-likeness (QED) is 0.888. The number of imidazole rings is 1. The summed E-state index contributed by atoms with van der Waals surface area (Å²) in [5, 5.41) is 4.07. The van der Waals surface area contributed by atoms with E-state index in [9.17, 15) is 0 Å². The fourth-order valence-electron chi connectivity index (χ4n) is 2.42. The van der Waals surface area contributed by atoms with Gasteiger partial charge in [-0.25, -0.2) is 9.97 Å². The van der Waals surface area contributed by atoms with Gasteiger partial charge in [0.15, 0.2) is 5.65 Å². The first-order valence-corrected chi connectivity index (χ1v) is 6.38. The Bertz CT molecular complexity index is 516. The van der Waals surface area contributed by atoms with E-state index in [0.29, 0.717) is 10.9 Å². The highest BCUT2D eigenvalue weighted by molar-refractivity contribution is 6.30. The molecule has 1 atom stereocenters. The number of nitrogens with zero attached hydrogens (tertiary/aromatic N) is 3. The number of halogens is 1. The summed E-state index contributed by atoms with van der Waals surface area (Å²) in [7, 11) is 0. The number of fused-ring (bicyclic) bond motifs is 1. The van der Waals surface area contributed by atoms with Gasteiger partial charge in [0.2, 0.25) is 0 Å². The molecule has 1 unspecified atom stereocenters. The first-order chi connectivity index (χ1) is 8.33. The van der Waals surface area contributed by atoms with Crippen LogP contribution in [0.15, 0.2) is 18.6 Å². The lowest BCUT2D eigenvalue weighted by atomic mass is 10.00. The Morgan fingerprint density at radius 3 is 3.24 bits per heavy atom. The monoisotopic (exact) mass is 250 g/mol. The molecule has 0 amide bonds. The Balaban J connectivity index is 1.84. The standard InChI is InChI=1S/C12H15ClN4/c13-10-4-11-12(15-6-10)17(8-16-11)7-9-2-1-3-14-5-9/h4,6,8-9,14H,1-3,5,7H2. The van der Waals surface area contributed by atoms with Crippen molar-refractivity contribution in [3.8, 4) is 0 Å². The van der Waals surface area contributed by atoms with E-state index in [4.69, 9.17) is 11.6 Å². The van der Waals surface area contributed by atoms with Crippen molar-refractivity contribution < 1.29 is 0 Å². The van der Waals surface area contributed by atoms with Crippen LogP contribution in [0.25, 0.3) is 11.2 Å². The average molecular weight is 251 g/mol. The lowest BCUT2D eigenvalue weighted by Crippen LogP contribution is -2.32. The number of hydrogen-bond donors (Lipinski definition) is 1. The Kier molecular flexibility index (Phi) is 2.99. The summed E-state index contributed by atoms with van der Waals surface area (Å²) in [6, 6.07) is 1.86. The maximum atomic E-state index is 5.90. The van der Waals surface area contributed by atoms with Gasteiger partial charge in [-0.3, -0.25) is 0 Å². The number of rotatable bonds is 2. The summed E-state index contributed by atoms with van der Waals surface area (Å²) in [4.78, 5) is 8.69. The molecule has 2 aromatic rings. The molecular weight excluding hydrogens is 236 g/mol. The molecule has 17 heavy (non-hydrogen) atoms. The average Bonchev–Trinajstić information content (AvgIpc) is 2.73. The second kappa shape index (κ2) is 4.63. The predicted molar refractivity (Wildman–Crippen MR) is 68.1 cm³/mol. The minimum Gasteiger partial charge on any atom is -0.316 e. The van der Waals surface area contributed by atoms with E-state index in [0.717, 1.165) is 30.8 Å². The van der Waals surface area contributed by atoms with Gasteiger partial charge in [-0.15, -0.1) is 0 Å². The second-order valence-corrected chi connectivity index (χ2v) is 5.04. The molecule has 5 heteroatoms. The zero-order valence-corrected chi connectivity index (χ0v) is 10.3. The maximum Gasteiger partial charge on any atom is 0.159 e. The third-order valence-electron chi connectivity index (χ3n) is 3.28. The van der Waals surface area contributed by atoms with Crippen LogP contribution in [-0.4, -0.2) is 27.6 Å². The molecule has 0 spiro atoms. The van der Waals surface area contributed by atoms with Gasteiger partial charge in [-0.1, -0.05) is 11.6 Å². The molecule has 3 heterocycles. The van der Waals surface area contributed by atoms with Crippen molar-refractivity contribution in [3.05, 3.63) is 23.6 Å². The summed E-state index contributed by atoms with van der Waals surface area (Å²) >= 11 is 5.90. The molecule has 2 aromatic heterocycles. The smallest absolute Gasteiger partial charge is 0.159 e. The van der Waals surface area contributed by atoms with Gasteiger partial charge in [-0.05, 0) is 37.9 Å². The topological polar surface area (TPSA) is 42.7 Å². The lowest BCUT2D eigenvalue weighted by Gasteiger charge is -2.22. The number of aromatic nitrogens is 3. The van der Waals surface area contributed by atoms with Crippen LogP contribution in [0.2, 0.25) is 5.02 Å². The molecule has 1 N–H and O–H groups in total. The van der Waals surface area contributed by atoms with Crippen molar-refractivity contribution >= 4 is 22.8 Å². The van der Waals surface area contributed by atoms with Crippen molar-refractivity contribution in [3.63, 3.8) is 0 Å². The Labute approximate surface area is 105 Å². The van der Waals surface area contributed by atoms with E-state index >= 15 is 0 Å². The lowest BCUT2D eigenvalue weighted by molar-refractivity contribution is 0.339. The van der Waals surface area contributed by atoms with Crippen LogP contribution in [0.4, 0.5) is 0 Å². The molecule has 0 aromatic carbocycles. The molecule has 4 nitrogen and oxygen atoms in total. The first-order valence-electron chi connectivity index (χ1n) is 6.00.